The standard InChI is InChI=1S/C13H15O3P/c1-9-7-13(14)16-12-8-10(3-4-11(9)12)15-5-2-6-17/h3-4,7-8H,2,5-6,17H2,1H3. The van der Waals surface area contributed by atoms with Crippen molar-refractivity contribution in [3.63, 3.8) is 0 Å². The Kier molecular flexibility index (Phi) is 3.80. The molecule has 1 aromatic carbocycles. The first-order valence-corrected chi connectivity index (χ1v) is 6.40. The lowest BCUT2D eigenvalue weighted by Gasteiger charge is -2.06. The van der Waals surface area contributed by atoms with E-state index in [4.69, 9.17) is 9.15 Å². The van der Waals surface area contributed by atoms with Crippen LogP contribution in [0.5, 0.6) is 5.75 Å². The van der Waals surface area contributed by atoms with E-state index >= 15 is 0 Å². The van der Waals surface area contributed by atoms with Gasteiger partial charge in [0, 0.05) is 17.5 Å². The summed E-state index contributed by atoms with van der Waals surface area (Å²) in [5, 5.41) is 0.947. The minimum absolute atomic E-state index is 0.322. The lowest BCUT2D eigenvalue weighted by Crippen LogP contribution is -2.00. The topological polar surface area (TPSA) is 39.4 Å². The Balaban J connectivity index is 2.33. The number of aryl methyl sites for hydroxylation is 1. The first-order valence-electron chi connectivity index (χ1n) is 5.58. The van der Waals surface area contributed by atoms with Gasteiger partial charge in [-0.25, -0.2) is 4.79 Å². The molecule has 2 rings (SSSR count). The molecule has 90 valence electrons. The minimum Gasteiger partial charge on any atom is -0.493 e. The summed E-state index contributed by atoms with van der Waals surface area (Å²) in [5.41, 5.74) is 1.18. The molecule has 0 radical (unpaired) electrons. The Bertz CT molecular complexity index is 574. The lowest BCUT2D eigenvalue weighted by atomic mass is 10.1. The Hall–Kier alpha value is -1.34. The number of hydrogen-bond acceptors (Lipinski definition) is 3. The first kappa shape index (κ1) is 12.1. The smallest absolute Gasteiger partial charge is 0.336 e. The van der Waals surface area contributed by atoms with Crippen LogP contribution < -0.4 is 10.4 Å². The molecule has 1 unspecified atom stereocenters. The van der Waals surface area contributed by atoms with E-state index in [0.717, 1.165) is 29.3 Å². The summed E-state index contributed by atoms with van der Waals surface area (Å²) < 4.78 is 10.7. The summed E-state index contributed by atoms with van der Waals surface area (Å²) in [6.07, 6.45) is 2.00. The number of hydrogen-bond donors (Lipinski definition) is 0. The zero-order chi connectivity index (χ0) is 12.3. The second-order valence-corrected chi connectivity index (χ2v) is 4.47. The van der Waals surface area contributed by atoms with E-state index in [2.05, 4.69) is 9.24 Å². The fourth-order valence-electron chi connectivity index (χ4n) is 1.67. The van der Waals surface area contributed by atoms with Crippen LogP contribution in [-0.2, 0) is 0 Å². The van der Waals surface area contributed by atoms with E-state index in [9.17, 15) is 4.79 Å². The fourth-order valence-corrected chi connectivity index (χ4v) is 1.84. The van der Waals surface area contributed by atoms with Crippen molar-refractivity contribution in [1.29, 1.82) is 0 Å². The Labute approximate surface area is 102 Å². The van der Waals surface area contributed by atoms with Crippen molar-refractivity contribution >= 4 is 20.2 Å². The molecule has 0 spiro atoms. The van der Waals surface area contributed by atoms with Crippen LogP contribution in [0.3, 0.4) is 0 Å². The SMILES string of the molecule is Cc1cc(=O)oc2cc(OCCCP)ccc12. The van der Waals surface area contributed by atoms with Crippen molar-refractivity contribution in [2.45, 2.75) is 13.3 Å². The van der Waals surface area contributed by atoms with Gasteiger partial charge in [-0.2, -0.15) is 0 Å². The molecule has 2 aromatic rings. The van der Waals surface area contributed by atoms with Crippen LogP contribution in [0, 0.1) is 6.92 Å². The van der Waals surface area contributed by atoms with Gasteiger partial charge in [-0.1, -0.05) is 0 Å². The van der Waals surface area contributed by atoms with Crippen molar-refractivity contribution in [3.8, 4) is 5.75 Å². The maximum absolute atomic E-state index is 11.3. The van der Waals surface area contributed by atoms with Crippen LogP contribution in [0.2, 0.25) is 0 Å². The second-order valence-electron chi connectivity index (χ2n) is 3.90. The number of ether oxygens (including phenoxy) is 1. The fraction of sp³-hybridized carbons (Fsp3) is 0.308. The van der Waals surface area contributed by atoms with Crippen LogP contribution >= 0.6 is 9.24 Å². The maximum Gasteiger partial charge on any atom is 0.336 e. The molecule has 17 heavy (non-hydrogen) atoms. The monoisotopic (exact) mass is 250 g/mol. The number of fused-ring (bicyclic) bond motifs is 1. The van der Waals surface area contributed by atoms with E-state index < -0.39 is 0 Å². The summed E-state index contributed by atoms with van der Waals surface area (Å²) >= 11 is 0. The van der Waals surface area contributed by atoms with Gasteiger partial charge in [-0.05, 0) is 37.2 Å². The van der Waals surface area contributed by atoms with Crippen LogP contribution in [0.4, 0.5) is 0 Å². The van der Waals surface area contributed by atoms with E-state index in [1.807, 2.05) is 19.1 Å². The molecule has 0 amide bonds. The van der Waals surface area contributed by atoms with Crippen molar-refractivity contribution in [3.05, 3.63) is 40.2 Å². The molecule has 0 fully saturated rings. The van der Waals surface area contributed by atoms with Gasteiger partial charge in [0.05, 0.1) is 6.61 Å². The molecule has 1 atom stereocenters. The van der Waals surface area contributed by atoms with Crippen LogP contribution in [-0.4, -0.2) is 12.8 Å². The highest BCUT2D eigenvalue weighted by molar-refractivity contribution is 7.16. The second kappa shape index (κ2) is 5.33. The Morgan fingerprint density at radius 2 is 2.18 bits per heavy atom. The molecule has 4 heteroatoms. The summed E-state index contributed by atoms with van der Waals surface area (Å²) in [5.74, 6) is 0.740. The Morgan fingerprint density at radius 3 is 2.94 bits per heavy atom. The molecule has 0 bridgehead atoms. The highest BCUT2D eigenvalue weighted by Gasteiger charge is 2.03. The third-order valence-corrected chi connectivity index (χ3v) is 2.95. The number of benzene rings is 1. The first-order chi connectivity index (χ1) is 8.20. The van der Waals surface area contributed by atoms with Crippen LogP contribution in [0.15, 0.2) is 33.5 Å². The molecular weight excluding hydrogens is 235 g/mol. The molecular formula is C13H15O3P. The quantitative estimate of drug-likeness (QED) is 0.476. The summed E-state index contributed by atoms with van der Waals surface area (Å²) in [6.45, 7) is 2.57. The van der Waals surface area contributed by atoms with Gasteiger partial charge in [0.1, 0.15) is 11.3 Å². The summed E-state index contributed by atoms with van der Waals surface area (Å²) in [4.78, 5) is 11.3. The molecule has 0 aliphatic heterocycles. The molecule has 3 nitrogen and oxygen atoms in total. The van der Waals surface area contributed by atoms with E-state index in [-0.39, 0.29) is 5.63 Å². The van der Waals surface area contributed by atoms with E-state index in [1.165, 1.54) is 6.07 Å². The van der Waals surface area contributed by atoms with E-state index in [1.54, 1.807) is 6.07 Å². The summed E-state index contributed by atoms with van der Waals surface area (Å²) in [7, 11) is 2.66. The predicted molar refractivity (Wildman–Crippen MR) is 71.9 cm³/mol. The molecule has 0 aliphatic rings. The van der Waals surface area contributed by atoms with Gasteiger partial charge in [0.25, 0.3) is 0 Å². The normalized spacial score (nSPS) is 10.7. The molecule has 0 N–H and O–H groups in total. The average molecular weight is 250 g/mol. The van der Waals surface area contributed by atoms with Crippen molar-refractivity contribution in [2.24, 2.45) is 0 Å². The van der Waals surface area contributed by atoms with Crippen molar-refractivity contribution in [2.75, 3.05) is 12.8 Å². The molecule has 1 aromatic heterocycles. The van der Waals surface area contributed by atoms with Gasteiger partial charge < -0.3 is 9.15 Å². The minimum atomic E-state index is -0.322. The van der Waals surface area contributed by atoms with Gasteiger partial charge >= 0.3 is 5.63 Å². The van der Waals surface area contributed by atoms with Crippen molar-refractivity contribution < 1.29 is 9.15 Å². The zero-order valence-corrected chi connectivity index (χ0v) is 10.9. The summed E-state index contributed by atoms with van der Waals surface area (Å²) in [6, 6.07) is 7.09. The molecule has 0 saturated carbocycles. The highest BCUT2D eigenvalue weighted by atomic mass is 31.0. The largest absolute Gasteiger partial charge is 0.493 e. The maximum atomic E-state index is 11.3. The van der Waals surface area contributed by atoms with Gasteiger partial charge in [0.15, 0.2) is 0 Å². The Morgan fingerprint density at radius 1 is 1.35 bits per heavy atom. The van der Waals surface area contributed by atoms with Crippen LogP contribution in [0.25, 0.3) is 11.0 Å². The molecule has 0 saturated heterocycles. The van der Waals surface area contributed by atoms with Crippen LogP contribution in [0.1, 0.15) is 12.0 Å². The third kappa shape index (κ3) is 2.86. The van der Waals surface area contributed by atoms with Gasteiger partial charge in [-0.3, -0.25) is 0 Å². The highest BCUT2D eigenvalue weighted by Crippen LogP contribution is 2.22. The van der Waals surface area contributed by atoms with Crippen molar-refractivity contribution in [1.82, 2.24) is 0 Å². The lowest BCUT2D eigenvalue weighted by molar-refractivity contribution is 0.318. The molecule has 1 heterocycles. The zero-order valence-electron chi connectivity index (χ0n) is 9.73. The third-order valence-electron chi connectivity index (χ3n) is 2.54. The van der Waals surface area contributed by atoms with Gasteiger partial charge in [0.2, 0.25) is 0 Å². The number of rotatable bonds is 4. The van der Waals surface area contributed by atoms with Gasteiger partial charge in [-0.15, -0.1) is 9.24 Å². The predicted octanol–water partition coefficient (Wildman–Crippen LogP) is 2.75. The molecule has 0 aliphatic carbocycles. The average Bonchev–Trinajstić information content (AvgIpc) is 2.28. The van der Waals surface area contributed by atoms with E-state index in [0.29, 0.717) is 12.2 Å².